The van der Waals surface area contributed by atoms with E-state index in [-0.39, 0.29) is 29.0 Å². The van der Waals surface area contributed by atoms with Gasteiger partial charge in [-0.3, -0.25) is 9.59 Å². The zero-order valence-corrected chi connectivity index (χ0v) is 19.1. The third-order valence-electron chi connectivity index (χ3n) is 5.62. The Morgan fingerprint density at radius 1 is 0.938 bits per heavy atom. The quantitative estimate of drug-likeness (QED) is 0.532. The highest BCUT2D eigenvalue weighted by Gasteiger charge is 2.28. The zero-order chi connectivity index (χ0) is 22.6. The normalized spacial score (nSPS) is 14.9. The third-order valence-corrected chi connectivity index (χ3v) is 7.89. The van der Waals surface area contributed by atoms with Gasteiger partial charge in [-0.2, -0.15) is 0 Å². The van der Waals surface area contributed by atoms with Gasteiger partial charge in [0.25, 0.3) is 5.91 Å². The van der Waals surface area contributed by atoms with Crippen molar-refractivity contribution in [3.63, 3.8) is 0 Å². The fourth-order valence-corrected chi connectivity index (χ4v) is 5.61. The zero-order valence-electron chi connectivity index (χ0n) is 17.4. The Balaban J connectivity index is 1.39. The van der Waals surface area contributed by atoms with E-state index in [1.54, 1.807) is 17.0 Å². The Labute approximate surface area is 191 Å². The molecule has 1 saturated heterocycles. The molecule has 32 heavy (non-hydrogen) atoms. The number of carbonyl (C=O) groups is 2. The molecule has 0 atom stereocenters. The lowest BCUT2D eigenvalue weighted by Gasteiger charge is -2.31. The van der Waals surface area contributed by atoms with E-state index in [0.717, 1.165) is 4.88 Å². The standard InChI is InChI=1S/C24H24N2O4S2/c27-23(18-6-2-1-3-7-18)19-11-13-26(14-12-19)24(28)20-8-4-10-22(16-20)32(29,30)25-17-21-9-5-15-31-21/h1-10,15-16,19,25H,11-14,17H2. The molecular formula is C24H24N2O4S2. The van der Waals surface area contributed by atoms with Gasteiger partial charge in [0.15, 0.2) is 5.78 Å². The molecule has 0 bridgehead atoms. The molecule has 0 spiro atoms. The SMILES string of the molecule is O=C(c1ccccc1)C1CCN(C(=O)c2cccc(S(=O)(=O)NCc3cccs3)c2)CC1. The van der Waals surface area contributed by atoms with Crippen LogP contribution >= 0.6 is 11.3 Å². The first-order chi connectivity index (χ1) is 15.4. The highest BCUT2D eigenvalue weighted by atomic mass is 32.2. The largest absolute Gasteiger partial charge is 0.339 e. The number of rotatable bonds is 7. The van der Waals surface area contributed by atoms with Crippen LogP contribution in [0, 0.1) is 5.92 Å². The van der Waals surface area contributed by atoms with Crippen molar-refractivity contribution in [1.29, 1.82) is 0 Å². The lowest BCUT2D eigenvalue weighted by atomic mass is 9.88. The van der Waals surface area contributed by atoms with E-state index in [0.29, 0.717) is 37.1 Å². The molecule has 8 heteroatoms. The van der Waals surface area contributed by atoms with Crippen LogP contribution in [0.1, 0.15) is 38.4 Å². The fourth-order valence-electron chi connectivity index (χ4n) is 3.82. The van der Waals surface area contributed by atoms with Gasteiger partial charge in [-0.05, 0) is 42.5 Å². The van der Waals surface area contributed by atoms with Crippen molar-refractivity contribution < 1.29 is 18.0 Å². The molecule has 1 amide bonds. The molecule has 6 nitrogen and oxygen atoms in total. The Bertz CT molecular complexity index is 1180. The number of carbonyl (C=O) groups excluding carboxylic acids is 2. The number of hydrogen-bond donors (Lipinski definition) is 1. The number of sulfonamides is 1. The van der Waals surface area contributed by atoms with Crippen LogP contribution in [0.5, 0.6) is 0 Å². The minimum Gasteiger partial charge on any atom is -0.339 e. The number of nitrogens with one attached hydrogen (secondary N) is 1. The second kappa shape index (κ2) is 9.77. The second-order valence-corrected chi connectivity index (χ2v) is 10.5. The Hall–Kier alpha value is -2.81. The van der Waals surface area contributed by atoms with Crippen LogP contribution in [0.4, 0.5) is 0 Å². The van der Waals surface area contributed by atoms with Gasteiger partial charge in [0.1, 0.15) is 0 Å². The van der Waals surface area contributed by atoms with Gasteiger partial charge in [0, 0.05) is 41.6 Å². The van der Waals surface area contributed by atoms with Gasteiger partial charge < -0.3 is 4.90 Å². The molecule has 1 aliphatic rings. The number of benzene rings is 2. The van der Waals surface area contributed by atoms with Crippen molar-refractivity contribution in [2.45, 2.75) is 24.3 Å². The van der Waals surface area contributed by atoms with Crippen molar-refractivity contribution in [1.82, 2.24) is 9.62 Å². The molecule has 3 aromatic rings. The van der Waals surface area contributed by atoms with Crippen LogP contribution in [0.15, 0.2) is 77.0 Å². The van der Waals surface area contributed by atoms with E-state index in [9.17, 15) is 18.0 Å². The molecule has 4 rings (SSSR count). The predicted octanol–water partition coefficient (Wildman–Crippen LogP) is 3.96. The first-order valence-corrected chi connectivity index (χ1v) is 12.8. The summed E-state index contributed by atoms with van der Waals surface area (Å²) >= 11 is 1.47. The molecule has 166 valence electrons. The van der Waals surface area contributed by atoms with Crippen molar-refractivity contribution in [2.75, 3.05) is 13.1 Å². The molecule has 1 aliphatic heterocycles. The highest BCUT2D eigenvalue weighted by molar-refractivity contribution is 7.89. The van der Waals surface area contributed by atoms with Gasteiger partial charge in [0.05, 0.1) is 4.90 Å². The fraction of sp³-hybridized carbons (Fsp3) is 0.250. The molecular weight excluding hydrogens is 444 g/mol. The number of piperidine rings is 1. The van der Waals surface area contributed by atoms with Gasteiger partial charge in [-0.15, -0.1) is 11.3 Å². The van der Waals surface area contributed by atoms with Crippen molar-refractivity contribution in [2.24, 2.45) is 5.92 Å². The number of nitrogens with zero attached hydrogens (tertiary/aromatic N) is 1. The molecule has 2 heterocycles. The van der Waals surface area contributed by atoms with Crippen molar-refractivity contribution in [3.8, 4) is 0 Å². The lowest BCUT2D eigenvalue weighted by molar-refractivity contribution is 0.0650. The number of Topliss-reactive ketones (excluding diaryl/α,β-unsaturated/α-hetero) is 1. The van der Waals surface area contributed by atoms with E-state index in [1.807, 2.05) is 47.8 Å². The maximum Gasteiger partial charge on any atom is 0.253 e. The summed E-state index contributed by atoms with van der Waals surface area (Å²) in [6.07, 6.45) is 1.19. The number of likely N-dealkylation sites (tertiary alicyclic amines) is 1. The number of thiophene rings is 1. The molecule has 1 N–H and O–H groups in total. The molecule has 1 fully saturated rings. The van der Waals surface area contributed by atoms with Crippen molar-refractivity contribution in [3.05, 3.63) is 88.1 Å². The van der Waals surface area contributed by atoms with Crippen LogP contribution in [-0.2, 0) is 16.6 Å². The summed E-state index contributed by atoms with van der Waals surface area (Å²) < 4.78 is 27.9. The summed E-state index contributed by atoms with van der Waals surface area (Å²) in [6.45, 7) is 1.15. The lowest BCUT2D eigenvalue weighted by Crippen LogP contribution is -2.40. The Morgan fingerprint density at radius 3 is 2.34 bits per heavy atom. The second-order valence-electron chi connectivity index (χ2n) is 7.73. The summed E-state index contributed by atoms with van der Waals surface area (Å²) in [5.74, 6) is -0.205. The first kappa shape index (κ1) is 22.4. The van der Waals surface area contributed by atoms with Crippen LogP contribution in [0.25, 0.3) is 0 Å². The van der Waals surface area contributed by atoms with Crippen LogP contribution in [0.2, 0.25) is 0 Å². The summed E-state index contributed by atoms with van der Waals surface area (Å²) in [7, 11) is -3.73. The molecule has 0 saturated carbocycles. The summed E-state index contributed by atoms with van der Waals surface area (Å²) in [5.41, 5.74) is 1.03. The van der Waals surface area contributed by atoms with E-state index in [2.05, 4.69) is 4.72 Å². The van der Waals surface area contributed by atoms with E-state index < -0.39 is 10.0 Å². The average Bonchev–Trinajstić information content (AvgIpc) is 3.37. The van der Waals surface area contributed by atoms with Crippen LogP contribution < -0.4 is 4.72 Å². The topological polar surface area (TPSA) is 83.6 Å². The molecule has 1 aromatic heterocycles. The summed E-state index contributed by atoms with van der Waals surface area (Å²) in [4.78, 5) is 28.3. The molecule has 0 aliphatic carbocycles. The number of ketones is 1. The Kier molecular flexibility index (Phi) is 6.83. The van der Waals surface area contributed by atoms with E-state index in [4.69, 9.17) is 0 Å². The summed E-state index contributed by atoms with van der Waals surface area (Å²) in [6, 6.07) is 19.0. The smallest absolute Gasteiger partial charge is 0.253 e. The van der Waals surface area contributed by atoms with Gasteiger partial charge in [0.2, 0.25) is 10.0 Å². The monoisotopic (exact) mass is 468 g/mol. The minimum absolute atomic E-state index is 0.0639. The van der Waals surface area contributed by atoms with Crippen molar-refractivity contribution >= 4 is 33.1 Å². The van der Waals surface area contributed by atoms with Gasteiger partial charge in [-0.1, -0.05) is 42.5 Å². The van der Waals surface area contributed by atoms with Gasteiger partial charge >= 0.3 is 0 Å². The Morgan fingerprint density at radius 2 is 1.66 bits per heavy atom. The van der Waals surface area contributed by atoms with Gasteiger partial charge in [-0.25, -0.2) is 13.1 Å². The average molecular weight is 469 g/mol. The van der Waals surface area contributed by atoms with E-state index in [1.165, 1.54) is 23.5 Å². The first-order valence-electron chi connectivity index (χ1n) is 10.4. The maximum absolute atomic E-state index is 13.0. The molecule has 2 aromatic carbocycles. The maximum atomic E-state index is 13.0. The van der Waals surface area contributed by atoms with Crippen LogP contribution in [-0.4, -0.2) is 38.1 Å². The predicted molar refractivity (Wildman–Crippen MR) is 124 cm³/mol. The molecule has 0 unspecified atom stereocenters. The number of hydrogen-bond acceptors (Lipinski definition) is 5. The van der Waals surface area contributed by atoms with E-state index >= 15 is 0 Å². The number of amides is 1. The molecule has 0 radical (unpaired) electrons. The third kappa shape index (κ3) is 5.15. The highest BCUT2D eigenvalue weighted by Crippen LogP contribution is 2.24. The summed E-state index contributed by atoms with van der Waals surface area (Å²) in [5, 5.41) is 1.89. The minimum atomic E-state index is -3.73. The van der Waals surface area contributed by atoms with Crippen LogP contribution in [0.3, 0.4) is 0 Å².